The first-order chi connectivity index (χ1) is 9.16. The van der Waals surface area contributed by atoms with E-state index in [0.717, 1.165) is 5.82 Å². The van der Waals surface area contributed by atoms with E-state index in [0.29, 0.717) is 18.7 Å². The predicted molar refractivity (Wildman–Crippen MR) is 70.8 cm³/mol. The van der Waals surface area contributed by atoms with Gasteiger partial charge in [0.1, 0.15) is 5.82 Å². The third-order valence-electron chi connectivity index (χ3n) is 2.54. The summed E-state index contributed by atoms with van der Waals surface area (Å²) in [5.74, 6) is 0.678. The number of carbonyl (C=O) groups is 1. The summed E-state index contributed by atoms with van der Waals surface area (Å²) in [6, 6.07) is 3.55. The Morgan fingerprint density at radius 3 is 2.84 bits per heavy atom. The number of anilines is 1. The van der Waals surface area contributed by atoms with Gasteiger partial charge in [-0.2, -0.15) is 0 Å². The molecule has 0 saturated heterocycles. The monoisotopic (exact) mass is 260 g/mol. The van der Waals surface area contributed by atoms with Crippen LogP contribution in [-0.4, -0.2) is 51.4 Å². The fourth-order valence-corrected chi connectivity index (χ4v) is 1.53. The van der Waals surface area contributed by atoms with Crippen LogP contribution in [0.2, 0.25) is 0 Å². The second-order valence-electron chi connectivity index (χ2n) is 4.22. The summed E-state index contributed by atoms with van der Waals surface area (Å²) < 4.78 is 1.73. The van der Waals surface area contributed by atoms with Gasteiger partial charge in [0, 0.05) is 33.0 Å². The van der Waals surface area contributed by atoms with Gasteiger partial charge in [0.05, 0.1) is 18.3 Å². The van der Waals surface area contributed by atoms with Crippen molar-refractivity contribution in [1.29, 1.82) is 0 Å². The van der Waals surface area contributed by atoms with E-state index in [4.69, 9.17) is 0 Å². The number of hydrogen-bond acceptors (Lipinski definition) is 5. The predicted octanol–water partition coefficient (Wildman–Crippen LogP) is 0.487. The second-order valence-corrected chi connectivity index (χ2v) is 4.22. The molecule has 0 aliphatic carbocycles. The van der Waals surface area contributed by atoms with Crippen molar-refractivity contribution < 1.29 is 4.79 Å². The minimum Gasteiger partial charge on any atom is -0.368 e. The van der Waals surface area contributed by atoms with Crippen LogP contribution in [0.3, 0.4) is 0 Å². The zero-order valence-corrected chi connectivity index (χ0v) is 10.9. The standard InChI is InChI=1S/C12H16N6O/c1-17(2)12(19)10-3-4-11(14-9-10)13-5-7-18-8-6-15-16-18/h3-4,6,8-9H,5,7H2,1-2H3,(H,13,14). The Morgan fingerprint density at radius 2 is 2.26 bits per heavy atom. The Kier molecular flexibility index (Phi) is 4.07. The summed E-state index contributed by atoms with van der Waals surface area (Å²) in [5, 5.41) is 10.7. The van der Waals surface area contributed by atoms with E-state index in [1.807, 2.05) is 0 Å². The number of nitrogens with one attached hydrogen (secondary N) is 1. The summed E-state index contributed by atoms with van der Waals surface area (Å²) >= 11 is 0. The van der Waals surface area contributed by atoms with Gasteiger partial charge in [-0.3, -0.25) is 9.48 Å². The lowest BCUT2D eigenvalue weighted by Crippen LogP contribution is -2.21. The van der Waals surface area contributed by atoms with E-state index in [2.05, 4.69) is 20.6 Å². The molecule has 0 fully saturated rings. The van der Waals surface area contributed by atoms with Crippen LogP contribution in [0.5, 0.6) is 0 Å². The lowest BCUT2D eigenvalue weighted by molar-refractivity contribution is 0.0827. The van der Waals surface area contributed by atoms with Gasteiger partial charge in [-0.1, -0.05) is 5.21 Å². The minimum absolute atomic E-state index is 0.0540. The van der Waals surface area contributed by atoms with Crippen molar-refractivity contribution in [2.45, 2.75) is 6.54 Å². The van der Waals surface area contributed by atoms with E-state index in [1.165, 1.54) is 4.90 Å². The number of pyridine rings is 1. The van der Waals surface area contributed by atoms with Crippen LogP contribution in [-0.2, 0) is 6.54 Å². The van der Waals surface area contributed by atoms with Gasteiger partial charge in [0.25, 0.3) is 5.91 Å². The Labute approximate surface area is 111 Å². The molecule has 0 radical (unpaired) electrons. The summed E-state index contributed by atoms with van der Waals surface area (Å²) in [6.45, 7) is 1.40. The molecule has 0 saturated carbocycles. The largest absolute Gasteiger partial charge is 0.368 e. The summed E-state index contributed by atoms with van der Waals surface area (Å²) in [6.07, 6.45) is 5.01. The topological polar surface area (TPSA) is 75.9 Å². The number of nitrogens with zero attached hydrogens (tertiary/aromatic N) is 5. The van der Waals surface area contributed by atoms with E-state index in [1.54, 1.807) is 49.5 Å². The van der Waals surface area contributed by atoms with Gasteiger partial charge in [-0.25, -0.2) is 4.98 Å². The van der Waals surface area contributed by atoms with Crippen LogP contribution in [0.1, 0.15) is 10.4 Å². The quantitative estimate of drug-likeness (QED) is 0.846. The molecule has 0 spiro atoms. The highest BCUT2D eigenvalue weighted by Gasteiger charge is 2.07. The number of carbonyl (C=O) groups excluding carboxylic acids is 1. The molecule has 100 valence electrons. The highest BCUT2D eigenvalue weighted by molar-refractivity contribution is 5.93. The summed E-state index contributed by atoms with van der Waals surface area (Å²) in [4.78, 5) is 17.4. The maximum absolute atomic E-state index is 11.7. The third kappa shape index (κ3) is 3.51. The Morgan fingerprint density at radius 1 is 1.42 bits per heavy atom. The first-order valence-electron chi connectivity index (χ1n) is 5.92. The molecule has 0 aromatic carbocycles. The molecule has 0 atom stereocenters. The van der Waals surface area contributed by atoms with Gasteiger partial charge in [0.2, 0.25) is 0 Å². The van der Waals surface area contributed by atoms with Crippen molar-refractivity contribution in [2.24, 2.45) is 0 Å². The van der Waals surface area contributed by atoms with Crippen LogP contribution in [0.15, 0.2) is 30.7 Å². The lowest BCUT2D eigenvalue weighted by atomic mass is 10.2. The Balaban J connectivity index is 1.86. The fraction of sp³-hybridized carbons (Fsp3) is 0.333. The molecule has 1 amide bonds. The maximum Gasteiger partial charge on any atom is 0.254 e. The Hall–Kier alpha value is -2.44. The number of amides is 1. The minimum atomic E-state index is -0.0540. The smallest absolute Gasteiger partial charge is 0.254 e. The number of aromatic nitrogens is 4. The highest BCUT2D eigenvalue weighted by atomic mass is 16.2. The zero-order valence-electron chi connectivity index (χ0n) is 10.9. The molecule has 2 aromatic rings. The van der Waals surface area contributed by atoms with Gasteiger partial charge in [0.15, 0.2) is 0 Å². The first-order valence-corrected chi connectivity index (χ1v) is 5.92. The average Bonchev–Trinajstić information content (AvgIpc) is 2.92. The molecule has 2 heterocycles. The van der Waals surface area contributed by atoms with Gasteiger partial charge in [-0.05, 0) is 12.1 Å². The SMILES string of the molecule is CN(C)C(=O)c1ccc(NCCn2ccnn2)nc1. The molecule has 2 rings (SSSR count). The fourth-order valence-electron chi connectivity index (χ4n) is 1.53. The molecule has 0 aliphatic heterocycles. The summed E-state index contributed by atoms with van der Waals surface area (Å²) in [5.41, 5.74) is 0.576. The lowest BCUT2D eigenvalue weighted by Gasteiger charge is -2.10. The normalized spacial score (nSPS) is 10.2. The number of rotatable bonds is 5. The zero-order chi connectivity index (χ0) is 13.7. The van der Waals surface area contributed by atoms with Crippen molar-refractivity contribution in [3.05, 3.63) is 36.3 Å². The molecule has 0 unspecified atom stereocenters. The molecular weight excluding hydrogens is 244 g/mol. The Bertz CT molecular complexity index is 520. The van der Waals surface area contributed by atoms with E-state index in [-0.39, 0.29) is 5.91 Å². The van der Waals surface area contributed by atoms with Gasteiger partial charge in [-0.15, -0.1) is 5.10 Å². The molecule has 0 bridgehead atoms. The molecule has 0 aliphatic rings. The summed E-state index contributed by atoms with van der Waals surface area (Å²) in [7, 11) is 3.43. The molecule has 7 heteroatoms. The van der Waals surface area contributed by atoms with Gasteiger partial charge >= 0.3 is 0 Å². The second kappa shape index (κ2) is 5.94. The van der Waals surface area contributed by atoms with Crippen molar-refractivity contribution >= 4 is 11.7 Å². The number of hydrogen-bond donors (Lipinski definition) is 1. The van der Waals surface area contributed by atoms with Crippen LogP contribution in [0.4, 0.5) is 5.82 Å². The van der Waals surface area contributed by atoms with Crippen LogP contribution < -0.4 is 5.32 Å². The maximum atomic E-state index is 11.7. The van der Waals surface area contributed by atoms with Crippen LogP contribution in [0, 0.1) is 0 Å². The van der Waals surface area contributed by atoms with Crippen molar-refractivity contribution in [3.8, 4) is 0 Å². The van der Waals surface area contributed by atoms with Gasteiger partial charge < -0.3 is 10.2 Å². The molecule has 7 nitrogen and oxygen atoms in total. The third-order valence-corrected chi connectivity index (χ3v) is 2.54. The van der Waals surface area contributed by atoms with E-state index in [9.17, 15) is 4.79 Å². The van der Waals surface area contributed by atoms with Crippen molar-refractivity contribution in [1.82, 2.24) is 24.9 Å². The van der Waals surface area contributed by atoms with Crippen LogP contribution in [0.25, 0.3) is 0 Å². The van der Waals surface area contributed by atoms with Crippen molar-refractivity contribution in [2.75, 3.05) is 26.0 Å². The molecule has 19 heavy (non-hydrogen) atoms. The average molecular weight is 260 g/mol. The van der Waals surface area contributed by atoms with Crippen LogP contribution >= 0.6 is 0 Å². The highest BCUT2D eigenvalue weighted by Crippen LogP contribution is 2.06. The molecule has 2 aromatic heterocycles. The van der Waals surface area contributed by atoms with E-state index >= 15 is 0 Å². The molecule has 1 N–H and O–H groups in total. The van der Waals surface area contributed by atoms with E-state index < -0.39 is 0 Å². The first kappa shape index (κ1) is 13.0. The molecular formula is C12H16N6O. The van der Waals surface area contributed by atoms with Crippen molar-refractivity contribution in [3.63, 3.8) is 0 Å².